The van der Waals surface area contributed by atoms with Gasteiger partial charge >= 0.3 is 0 Å². The van der Waals surface area contributed by atoms with E-state index in [0.29, 0.717) is 18.7 Å². The van der Waals surface area contributed by atoms with E-state index in [1.165, 1.54) is 23.5 Å². The van der Waals surface area contributed by atoms with Crippen molar-refractivity contribution in [3.8, 4) is 5.75 Å². The van der Waals surface area contributed by atoms with Crippen LogP contribution in [0, 0.1) is 0 Å². The predicted octanol–water partition coefficient (Wildman–Crippen LogP) is 0.847. The van der Waals surface area contributed by atoms with E-state index in [1.807, 2.05) is 0 Å². The number of aromatic nitrogens is 2. The van der Waals surface area contributed by atoms with Crippen LogP contribution in [-0.4, -0.2) is 47.4 Å². The Morgan fingerprint density at radius 1 is 1.39 bits per heavy atom. The first-order chi connectivity index (χ1) is 11.1. The summed E-state index contributed by atoms with van der Waals surface area (Å²) in [6.45, 7) is 0.538. The number of sulfonamides is 1. The largest absolute Gasteiger partial charge is 0.497 e. The molecule has 1 atom stereocenters. The lowest BCUT2D eigenvalue weighted by Gasteiger charge is -2.27. The zero-order valence-electron chi connectivity index (χ0n) is 12.8. The molecular formula is C15H19N3O4S. The van der Waals surface area contributed by atoms with Gasteiger partial charge < -0.3 is 9.84 Å². The number of ether oxygens (including phenoxy) is 1. The fraction of sp³-hybridized carbons (Fsp3) is 0.400. The van der Waals surface area contributed by atoms with Gasteiger partial charge in [-0.2, -0.15) is 9.40 Å². The third-order valence-electron chi connectivity index (χ3n) is 4.06. The van der Waals surface area contributed by atoms with Gasteiger partial charge in [-0.05, 0) is 24.6 Å². The Hall–Kier alpha value is -1.90. The molecule has 0 radical (unpaired) electrons. The van der Waals surface area contributed by atoms with Crippen LogP contribution in [-0.2, 0) is 23.1 Å². The summed E-state index contributed by atoms with van der Waals surface area (Å²) in [5.74, 6) is 0.478. The van der Waals surface area contributed by atoms with Crippen LogP contribution in [0.4, 0.5) is 0 Å². The second-order valence-corrected chi connectivity index (χ2v) is 7.29. The van der Waals surface area contributed by atoms with Crippen molar-refractivity contribution in [3.63, 3.8) is 0 Å². The highest BCUT2D eigenvalue weighted by molar-refractivity contribution is 7.89. The number of hydrogen-bond acceptors (Lipinski definition) is 5. The molecule has 23 heavy (non-hydrogen) atoms. The number of aryl methyl sites for hydroxylation is 1. The maximum absolute atomic E-state index is 13.0. The molecule has 8 heteroatoms. The summed E-state index contributed by atoms with van der Waals surface area (Å²) in [5, 5.41) is 13.8. The van der Waals surface area contributed by atoms with Crippen LogP contribution in [0.15, 0.2) is 41.4 Å². The Kier molecular flexibility index (Phi) is 4.38. The van der Waals surface area contributed by atoms with Gasteiger partial charge in [0, 0.05) is 18.8 Å². The zero-order chi connectivity index (χ0) is 16.4. The molecule has 1 aromatic heterocycles. The van der Waals surface area contributed by atoms with Crippen molar-refractivity contribution >= 4 is 10.0 Å². The summed E-state index contributed by atoms with van der Waals surface area (Å²) >= 11 is 0. The van der Waals surface area contributed by atoms with E-state index < -0.39 is 16.1 Å². The quantitative estimate of drug-likeness (QED) is 0.894. The number of methoxy groups -OCH3 is 1. The summed E-state index contributed by atoms with van der Waals surface area (Å²) in [7, 11) is -2.25. The number of fused-ring (bicyclic) bond motifs is 1. The molecule has 0 bridgehead atoms. The molecule has 0 saturated carbocycles. The van der Waals surface area contributed by atoms with E-state index in [2.05, 4.69) is 5.10 Å². The highest BCUT2D eigenvalue weighted by Crippen LogP contribution is 2.27. The van der Waals surface area contributed by atoms with Gasteiger partial charge in [0.1, 0.15) is 5.75 Å². The van der Waals surface area contributed by atoms with Crippen LogP contribution in [0.2, 0.25) is 0 Å². The van der Waals surface area contributed by atoms with Gasteiger partial charge in [-0.25, -0.2) is 8.42 Å². The highest BCUT2D eigenvalue weighted by atomic mass is 32.2. The first kappa shape index (κ1) is 16.0. The van der Waals surface area contributed by atoms with E-state index in [-0.39, 0.29) is 18.0 Å². The molecule has 0 aliphatic carbocycles. The van der Waals surface area contributed by atoms with Crippen molar-refractivity contribution in [1.29, 1.82) is 0 Å². The van der Waals surface area contributed by atoms with E-state index in [4.69, 9.17) is 4.74 Å². The summed E-state index contributed by atoms with van der Waals surface area (Å²) < 4.78 is 34.3. The third-order valence-corrected chi connectivity index (χ3v) is 5.96. The summed E-state index contributed by atoms with van der Waals surface area (Å²) in [6, 6.07) is 7.68. The molecule has 0 amide bonds. The molecule has 1 aliphatic rings. The molecule has 0 fully saturated rings. The average molecular weight is 337 g/mol. The molecular weight excluding hydrogens is 318 g/mol. The first-order valence-corrected chi connectivity index (χ1v) is 8.77. The van der Waals surface area contributed by atoms with Crippen molar-refractivity contribution in [2.45, 2.75) is 30.4 Å². The lowest BCUT2D eigenvalue weighted by atomic mass is 10.2. The highest BCUT2D eigenvalue weighted by Gasteiger charge is 2.34. The Balaban J connectivity index is 2.01. The number of rotatable bonds is 4. The van der Waals surface area contributed by atoms with Crippen LogP contribution in [0.1, 0.15) is 12.1 Å². The zero-order valence-corrected chi connectivity index (χ0v) is 13.6. The average Bonchev–Trinajstić information content (AvgIpc) is 2.93. The molecule has 1 aliphatic heterocycles. The van der Waals surface area contributed by atoms with Crippen LogP contribution in [0.25, 0.3) is 0 Å². The van der Waals surface area contributed by atoms with Gasteiger partial charge in [0.2, 0.25) is 10.0 Å². The number of hydrogen-bond donors (Lipinski definition) is 1. The Morgan fingerprint density at radius 3 is 2.96 bits per heavy atom. The number of aliphatic hydroxyl groups is 1. The molecule has 0 saturated heterocycles. The molecule has 2 aromatic rings. The molecule has 1 N–H and O–H groups in total. The number of benzene rings is 1. The normalized spacial score (nSPS) is 19.1. The monoisotopic (exact) mass is 337 g/mol. The minimum atomic E-state index is -3.75. The van der Waals surface area contributed by atoms with Crippen molar-refractivity contribution in [1.82, 2.24) is 14.1 Å². The van der Waals surface area contributed by atoms with Crippen LogP contribution in [0.5, 0.6) is 5.75 Å². The SMILES string of the molecule is COc1cccc(S(=O)(=O)N2Cc3ccnn3CC[C@@H]2CO)c1. The number of aliphatic hydroxyl groups excluding tert-OH is 1. The molecule has 0 spiro atoms. The Bertz CT molecular complexity index is 788. The molecule has 1 aromatic carbocycles. The predicted molar refractivity (Wildman–Crippen MR) is 83.4 cm³/mol. The maximum Gasteiger partial charge on any atom is 0.243 e. The second kappa shape index (κ2) is 6.31. The smallest absolute Gasteiger partial charge is 0.243 e. The Labute approximate surface area is 135 Å². The lowest BCUT2D eigenvalue weighted by molar-refractivity contribution is 0.178. The van der Waals surface area contributed by atoms with Crippen LogP contribution >= 0.6 is 0 Å². The Morgan fingerprint density at radius 2 is 2.22 bits per heavy atom. The van der Waals surface area contributed by atoms with Gasteiger partial charge in [-0.15, -0.1) is 0 Å². The standard InChI is InChI=1S/C15H19N3O4S/c1-22-14-3-2-4-15(9-14)23(20,21)18-10-12-5-7-16-17(12)8-6-13(18)11-19/h2-5,7,9,13,19H,6,8,10-11H2,1H3/t13-/m1/s1. The van der Waals surface area contributed by atoms with Crippen LogP contribution in [0.3, 0.4) is 0 Å². The molecule has 0 unspecified atom stereocenters. The summed E-state index contributed by atoms with van der Waals surface area (Å²) in [6.07, 6.45) is 2.17. The van der Waals surface area contributed by atoms with Crippen LogP contribution < -0.4 is 4.74 Å². The van der Waals surface area contributed by atoms with Gasteiger partial charge in [-0.3, -0.25) is 4.68 Å². The number of nitrogens with zero attached hydrogens (tertiary/aromatic N) is 3. The van der Waals surface area contributed by atoms with Gasteiger partial charge in [0.15, 0.2) is 0 Å². The fourth-order valence-corrected chi connectivity index (χ4v) is 4.41. The maximum atomic E-state index is 13.0. The van der Waals surface area contributed by atoms with E-state index in [9.17, 15) is 13.5 Å². The second-order valence-electron chi connectivity index (χ2n) is 5.40. The van der Waals surface area contributed by atoms with Gasteiger partial charge in [0.25, 0.3) is 0 Å². The van der Waals surface area contributed by atoms with Crippen molar-refractivity contribution in [2.24, 2.45) is 0 Å². The van der Waals surface area contributed by atoms with Crippen molar-refractivity contribution < 1.29 is 18.3 Å². The van der Waals surface area contributed by atoms with Gasteiger partial charge in [0.05, 0.1) is 36.9 Å². The third kappa shape index (κ3) is 2.97. The topological polar surface area (TPSA) is 84.7 Å². The fourth-order valence-electron chi connectivity index (χ4n) is 2.76. The van der Waals surface area contributed by atoms with Crippen molar-refractivity contribution in [3.05, 3.63) is 42.2 Å². The molecule has 3 rings (SSSR count). The van der Waals surface area contributed by atoms with E-state index in [1.54, 1.807) is 29.1 Å². The molecule has 2 heterocycles. The summed E-state index contributed by atoms with van der Waals surface area (Å²) in [5.41, 5.74) is 0.812. The van der Waals surface area contributed by atoms with E-state index in [0.717, 1.165) is 5.69 Å². The molecule has 7 nitrogen and oxygen atoms in total. The minimum Gasteiger partial charge on any atom is -0.497 e. The first-order valence-electron chi connectivity index (χ1n) is 7.33. The summed E-state index contributed by atoms with van der Waals surface area (Å²) in [4.78, 5) is 0.156. The van der Waals surface area contributed by atoms with E-state index >= 15 is 0 Å². The van der Waals surface area contributed by atoms with Crippen molar-refractivity contribution in [2.75, 3.05) is 13.7 Å². The van der Waals surface area contributed by atoms with Gasteiger partial charge in [-0.1, -0.05) is 6.07 Å². The molecule has 124 valence electrons. The lowest BCUT2D eigenvalue weighted by Crippen LogP contribution is -2.41. The minimum absolute atomic E-state index is 0.156.